The molecule has 20 heavy (non-hydrogen) atoms. The molecule has 0 radical (unpaired) electrons. The quantitative estimate of drug-likeness (QED) is 0.647. The van der Waals surface area contributed by atoms with Crippen molar-refractivity contribution < 1.29 is 0 Å². The van der Waals surface area contributed by atoms with Gasteiger partial charge in [-0.1, -0.05) is 30.4 Å². The number of aromatic nitrogens is 2. The Balaban J connectivity index is 1.93. The van der Waals surface area contributed by atoms with E-state index in [9.17, 15) is 0 Å². The molecule has 2 nitrogen and oxygen atoms in total. The van der Waals surface area contributed by atoms with E-state index >= 15 is 0 Å². The van der Waals surface area contributed by atoms with E-state index in [0.29, 0.717) is 0 Å². The summed E-state index contributed by atoms with van der Waals surface area (Å²) in [5, 5.41) is 3.26. The topological polar surface area (TPSA) is 28.7 Å². The molecule has 0 fully saturated rings. The summed E-state index contributed by atoms with van der Waals surface area (Å²) in [4.78, 5) is 8.43. The Kier molecular flexibility index (Phi) is 2.93. The molecule has 1 aliphatic carbocycles. The number of aryl methyl sites for hydroxylation is 2. The van der Waals surface area contributed by atoms with Crippen LogP contribution in [-0.2, 0) is 12.8 Å². The lowest BCUT2D eigenvalue weighted by atomic mass is 9.89. The van der Waals surface area contributed by atoms with Gasteiger partial charge in [0.25, 0.3) is 0 Å². The van der Waals surface area contributed by atoms with Gasteiger partial charge in [0.2, 0.25) is 0 Å². The Bertz CT molecular complexity index is 845. The van der Waals surface area contributed by atoms with Crippen LogP contribution in [0.5, 0.6) is 0 Å². The minimum atomic E-state index is 0.781. The van der Waals surface area contributed by atoms with Crippen LogP contribution in [-0.4, -0.2) is 9.97 Å². The molecule has 4 heteroatoms. The zero-order chi connectivity index (χ0) is 13.5. The fourth-order valence-electron chi connectivity index (χ4n) is 3.00. The predicted molar refractivity (Wildman–Crippen MR) is 86.9 cm³/mol. The maximum atomic E-state index is 5.43. The van der Waals surface area contributed by atoms with E-state index in [1.54, 1.807) is 17.7 Å². The highest BCUT2D eigenvalue weighted by Crippen LogP contribution is 2.35. The summed E-state index contributed by atoms with van der Waals surface area (Å²) in [6, 6.07) is 6.86. The number of thiophene rings is 1. The number of hydrogen-bond acceptors (Lipinski definition) is 3. The number of aromatic amines is 1. The highest BCUT2D eigenvalue weighted by atomic mass is 32.1. The van der Waals surface area contributed by atoms with Crippen LogP contribution in [0, 0.1) is 4.64 Å². The van der Waals surface area contributed by atoms with Crippen molar-refractivity contribution in [1.29, 1.82) is 0 Å². The SMILES string of the molecule is S=c1[nH]cnc2scc(-c3ccc4c(c3)CCCC4)c12. The third-order valence-electron chi connectivity index (χ3n) is 4.04. The first-order valence-electron chi connectivity index (χ1n) is 6.90. The number of H-pyrrole nitrogens is 1. The van der Waals surface area contributed by atoms with Gasteiger partial charge in [-0.3, -0.25) is 0 Å². The minimum absolute atomic E-state index is 0.781. The Labute approximate surface area is 126 Å². The van der Waals surface area contributed by atoms with Gasteiger partial charge in [-0.25, -0.2) is 4.98 Å². The molecule has 0 unspecified atom stereocenters. The Morgan fingerprint density at radius 1 is 1.15 bits per heavy atom. The van der Waals surface area contributed by atoms with Crippen LogP contribution in [0.3, 0.4) is 0 Å². The number of nitrogens with one attached hydrogen (secondary N) is 1. The molecule has 1 aromatic carbocycles. The molecule has 0 amide bonds. The van der Waals surface area contributed by atoms with E-state index in [1.165, 1.54) is 47.9 Å². The maximum Gasteiger partial charge on any atom is 0.128 e. The normalized spacial score (nSPS) is 14.4. The lowest BCUT2D eigenvalue weighted by Gasteiger charge is -2.16. The van der Waals surface area contributed by atoms with E-state index in [1.807, 2.05) is 0 Å². The van der Waals surface area contributed by atoms with Crippen molar-refractivity contribution in [2.24, 2.45) is 0 Å². The van der Waals surface area contributed by atoms with Crippen LogP contribution >= 0.6 is 23.6 Å². The molecular weight excluding hydrogens is 284 g/mol. The average Bonchev–Trinajstić information content (AvgIpc) is 2.92. The molecule has 0 spiro atoms. The van der Waals surface area contributed by atoms with E-state index in [-0.39, 0.29) is 0 Å². The van der Waals surface area contributed by atoms with Crippen molar-refractivity contribution in [2.75, 3.05) is 0 Å². The number of benzene rings is 1. The third-order valence-corrected chi connectivity index (χ3v) is 5.24. The lowest BCUT2D eigenvalue weighted by Crippen LogP contribution is -2.02. The summed E-state index contributed by atoms with van der Waals surface area (Å²) >= 11 is 7.09. The molecule has 2 heterocycles. The first-order valence-corrected chi connectivity index (χ1v) is 8.19. The van der Waals surface area contributed by atoms with Crippen LogP contribution in [0.15, 0.2) is 29.9 Å². The van der Waals surface area contributed by atoms with Gasteiger partial charge in [-0.05, 0) is 42.4 Å². The molecule has 1 N–H and O–H groups in total. The summed E-state index contributed by atoms with van der Waals surface area (Å²) in [7, 11) is 0. The van der Waals surface area contributed by atoms with Crippen LogP contribution in [0.25, 0.3) is 21.3 Å². The maximum absolute atomic E-state index is 5.43. The van der Waals surface area contributed by atoms with Crippen LogP contribution < -0.4 is 0 Å². The number of nitrogens with zero attached hydrogens (tertiary/aromatic N) is 1. The Morgan fingerprint density at radius 2 is 2.00 bits per heavy atom. The molecule has 0 bridgehead atoms. The molecule has 1 aliphatic rings. The fourth-order valence-corrected chi connectivity index (χ4v) is 4.25. The number of rotatable bonds is 1. The Morgan fingerprint density at radius 3 is 2.90 bits per heavy atom. The summed E-state index contributed by atoms with van der Waals surface area (Å²) in [6.07, 6.45) is 6.74. The smallest absolute Gasteiger partial charge is 0.128 e. The van der Waals surface area contributed by atoms with Gasteiger partial charge in [0, 0.05) is 10.9 Å². The molecule has 0 aliphatic heterocycles. The van der Waals surface area contributed by atoms with Crippen molar-refractivity contribution in [2.45, 2.75) is 25.7 Å². The van der Waals surface area contributed by atoms with E-state index in [4.69, 9.17) is 12.2 Å². The van der Waals surface area contributed by atoms with Gasteiger partial charge in [0.05, 0.1) is 11.7 Å². The Hall–Kier alpha value is -1.52. The number of fused-ring (bicyclic) bond motifs is 2. The average molecular weight is 298 g/mol. The van der Waals surface area contributed by atoms with E-state index in [0.717, 1.165) is 14.9 Å². The van der Waals surface area contributed by atoms with Crippen molar-refractivity contribution in [3.63, 3.8) is 0 Å². The third kappa shape index (κ3) is 1.91. The summed E-state index contributed by atoms with van der Waals surface area (Å²) in [6.45, 7) is 0. The van der Waals surface area contributed by atoms with Gasteiger partial charge in [0.15, 0.2) is 0 Å². The molecule has 0 saturated heterocycles. The van der Waals surface area contributed by atoms with Crippen LogP contribution in [0.4, 0.5) is 0 Å². The minimum Gasteiger partial charge on any atom is -0.337 e. The largest absolute Gasteiger partial charge is 0.337 e. The van der Waals surface area contributed by atoms with Crippen molar-refractivity contribution in [3.05, 3.63) is 45.7 Å². The standard InChI is InChI=1S/C16H14N2S2/c19-15-14-13(8-20-16(14)18-9-17-15)12-6-5-10-3-1-2-4-11(10)7-12/h5-9H,1-4H2,(H,17,18,19). The molecule has 4 rings (SSSR count). The van der Waals surface area contributed by atoms with Gasteiger partial charge >= 0.3 is 0 Å². The second-order valence-corrected chi connectivity index (χ2v) is 6.52. The monoisotopic (exact) mass is 298 g/mol. The highest BCUT2D eigenvalue weighted by molar-refractivity contribution is 7.71. The van der Waals surface area contributed by atoms with Crippen molar-refractivity contribution in [3.8, 4) is 11.1 Å². The molecular formula is C16H14N2S2. The summed E-state index contributed by atoms with van der Waals surface area (Å²) < 4.78 is 0.781. The molecule has 0 atom stereocenters. The van der Waals surface area contributed by atoms with Gasteiger partial charge < -0.3 is 4.98 Å². The van der Waals surface area contributed by atoms with E-state index < -0.39 is 0 Å². The second kappa shape index (κ2) is 4.79. The highest BCUT2D eigenvalue weighted by Gasteiger charge is 2.13. The zero-order valence-corrected chi connectivity index (χ0v) is 12.6. The van der Waals surface area contributed by atoms with E-state index in [2.05, 4.69) is 33.5 Å². The summed E-state index contributed by atoms with van der Waals surface area (Å²) in [5.74, 6) is 0. The van der Waals surface area contributed by atoms with Gasteiger partial charge in [0.1, 0.15) is 9.47 Å². The van der Waals surface area contributed by atoms with Gasteiger partial charge in [-0.2, -0.15) is 0 Å². The van der Waals surface area contributed by atoms with Crippen LogP contribution in [0.1, 0.15) is 24.0 Å². The molecule has 100 valence electrons. The second-order valence-electron chi connectivity index (χ2n) is 5.25. The number of hydrogen-bond donors (Lipinski definition) is 1. The predicted octanol–water partition coefficient (Wildman–Crippen LogP) is 4.90. The molecule has 0 saturated carbocycles. The van der Waals surface area contributed by atoms with Crippen molar-refractivity contribution in [1.82, 2.24) is 9.97 Å². The van der Waals surface area contributed by atoms with Crippen molar-refractivity contribution >= 4 is 33.8 Å². The molecule has 3 aromatic rings. The summed E-state index contributed by atoms with van der Waals surface area (Å²) in [5.41, 5.74) is 5.51. The lowest BCUT2D eigenvalue weighted by molar-refractivity contribution is 0.686. The zero-order valence-electron chi connectivity index (χ0n) is 11.0. The van der Waals surface area contributed by atoms with Gasteiger partial charge in [-0.15, -0.1) is 11.3 Å². The first-order chi connectivity index (χ1) is 9.83. The van der Waals surface area contributed by atoms with Crippen LogP contribution in [0.2, 0.25) is 0 Å². The first kappa shape index (κ1) is 12.2. The molecule has 2 aromatic heterocycles. The fraction of sp³-hybridized carbons (Fsp3) is 0.250.